The summed E-state index contributed by atoms with van der Waals surface area (Å²) in [5.74, 6) is 1.67. The zero-order chi connectivity index (χ0) is 13.8. The number of aryl methyl sites for hydroxylation is 2. The standard InChI is InChI=1S/C18H29N/c1-5-10-19-18-9-8-16(15(18)4)12-17-11-13(2)6-7-14(17)3/h6-7,11,15-16,18-19H,5,8-10,12H2,1-4H3. The highest BCUT2D eigenvalue weighted by atomic mass is 14.9. The van der Waals surface area contributed by atoms with E-state index in [0.717, 1.165) is 17.9 Å². The van der Waals surface area contributed by atoms with Crippen LogP contribution in [0.5, 0.6) is 0 Å². The van der Waals surface area contributed by atoms with Crippen molar-refractivity contribution in [1.29, 1.82) is 0 Å². The molecule has 1 heteroatoms. The van der Waals surface area contributed by atoms with E-state index in [1.165, 1.54) is 43.4 Å². The third kappa shape index (κ3) is 3.60. The summed E-state index contributed by atoms with van der Waals surface area (Å²) in [5.41, 5.74) is 4.42. The molecule has 1 aromatic rings. The largest absolute Gasteiger partial charge is 0.314 e. The molecule has 3 unspecified atom stereocenters. The quantitative estimate of drug-likeness (QED) is 0.833. The smallest absolute Gasteiger partial charge is 0.00955 e. The van der Waals surface area contributed by atoms with Gasteiger partial charge >= 0.3 is 0 Å². The third-order valence-corrected chi connectivity index (χ3v) is 4.87. The topological polar surface area (TPSA) is 12.0 Å². The molecule has 1 aliphatic carbocycles. The van der Waals surface area contributed by atoms with Crippen LogP contribution in [0.25, 0.3) is 0 Å². The van der Waals surface area contributed by atoms with E-state index in [0.29, 0.717) is 0 Å². The Bertz CT molecular complexity index is 410. The maximum absolute atomic E-state index is 3.72. The number of rotatable bonds is 5. The van der Waals surface area contributed by atoms with E-state index >= 15 is 0 Å². The molecular weight excluding hydrogens is 230 g/mol. The van der Waals surface area contributed by atoms with Crippen LogP contribution in [0.15, 0.2) is 18.2 Å². The van der Waals surface area contributed by atoms with E-state index < -0.39 is 0 Å². The Balaban J connectivity index is 1.98. The van der Waals surface area contributed by atoms with Gasteiger partial charge in [0, 0.05) is 6.04 Å². The highest BCUT2D eigenvalue weighted by molar-refractivity contribution is 5.31. The summed E-state index contributed by atoms with van der Waals surface area (Å²) in [7, 11) is 0. The number of hydrogen-bond acceptors (Lipinski definition) is 1. The van der Waals surface area contributed by atoms with Crippen LogP contribution in [0.2, 0.25) is 0 Å². The fourth-order valence-electron chi connectivity index (χ4n) is 3.46. The minimum atomic E-state index is 0.745. The highest BCUT2D eigenvalue weighted by Crippen LogP contribution is 2.35. The molecule has 2 rings (SSSR count). The zero-order valence-corrected chi connectivity index (χ0v) is 13.0. The van der Waals surface area contributed by atoms with E-state index in [-0.39, 0.29) is 0 Å². The van der Waals surface area contributed by atoms with Gasteiger partial charge in [-0.05, 0) is 69.0 Å². The molecule has 1 aliphatic rings. The summed E-state index contributed by atoms with van der Waals surface area (Å²) in [6, 6.07) is 7.63. The second kappa shape index (κ2) is 6.56. The van der Waals surface area contributed by atoms with Crippen molar-refractivity contribution < 1.29 is 0 Å². The van der Waals surface area contributed by atoms with Crippen molar-refractivity contribution in [2.24, 2.45) is 11.8 Å². The van der Waals surface area contributed by atoms with Gasteiger partial charge in [0.15, 0.2) is 0 Å². The summed E-state index contributed by atoms with van der Waals surface area (Å²) in [6.07, 6.45) is 5.25. The average Bonchev–Trinajstić information content (AvgIpc) is 2.73. The van der Waals surface area contributed by atoms with Crippen LogP contribution in [0, 0.1) is 25.7 Å². The Kier molecular flexibility index (Phi) is 5.04. The molecule has 3 atom stereocenters. The van der Waals surface area contributed by atoms with Crippen molar-refractivity contribution in [1.82, 2.24) is 5.32 Å². The van der Waals surface area contributed by atoms with Gasteiger partial charge in [-0.2, -0.15) is 0 Å². The molecule has 1 nitrogen and oxygen atoms in total. The lowest BCUT2D eigenvalue weighted by Gasteiger charge is -2.22. The van der Waals surface area contributed by atoms with Crippen molar-refractivity contribution in [3.05, 3.63) is 34.9 Å². The van der Waals surface area contributed by atoms with E-state index in [1.807, 2.05) is 0 Å². The van der Waals surface area contributed by atoms with Gasteiger partial charge in [-0.25, -0.2) is 0 Å². The van der Waals surface area contributed by atoms with E-state index in [4.69, 9.17) is 0 Å². The number of nitrogens with one attached hydrogen (secondary N) is 1. The first-order chi connectivity index (χ1) is 9.11. The van der Waals surface area contributed by atoms with E-state index in [1.54, 1.807) is 5.56 Å². The molecule has 1 fully saturated rings. The van der Waals surface area contributed by atoms with Crippen LogP contribution >= 0.6 is 0 Å². The number of benzene rings is 1. The summed E-state index contributed by atoms with van der Waals surface area (Å²) < 4.78 is 0. The monoisotopic (exact) mass is 259 g/mol. The Hall–Kier alpha value is -0.820. The van der Waals surface area contributed by atoms with E-state index in [9.17, 15) is 0 Å². The molecule has 0 amide bonds. The molecule has 1 aromatic carbocycles. The van der Waals surface area contributed by atoms with Crippen molar-refractivity contribution in [2.75, 3.05) is 6.54 Å². The maximum atomic E-state index is 3.72. The fraction of sp³-hybridized carbons (Fsp3) is 0.667. The SMILES string of the molecule is CCCNC1CCC(Cc2cc(C)ccc2C)C1C. The molecular formula is C18H29N. The van der Waals surface area contributed by atoms with Gasteiger partial charge in [-0.3, -0.25) is 0 Å². The fourth-order valence-corrected chi connectivity index (χ4v) is 3.46. The van der Waals surface area contributed by atoms with Crippen molar-refractivity contribution in [2.45, 2.75) is 59.4 Å². The minimum Gasteiger partial charge on any atom is -0.314 e. The lowest BCUT2D eigenvalue weighted by atomic mass is 9.87. The molecule has 1 N–H and O–H groups in total. The van der Waals surface area contributed by atoms with Gasteiger partial charge in [0.1, 0.15) is 0 Å². The summed E-state index contributed by atoms with van der Waals surface area (Å²) in [6.45, 7) is 10.3. The molecule has 0 spiro atoms. The van der Waals surface area contributed by atoms with Gasteiger partial charge < -0.3 is 5.32 Å². The van der Waals surface area contributed by atoms with Crippen LogP contribution in [0.1, 0.15) is 49.8 Å². The zero-order valence-electron chi connectivity index (χ0n) is 13.0. The van der Waals surface area contributed by atoms with Gasteiger partial charge in [-0.1, -0.05) is 37.6 Å². The van der Waals surface area contributed by atoms with Crippen molar-refractivity contribution >= 4 is 0 Å². The number of hydrogen-bond donors (Lipinski definition) is 1. The first kappa shape index (κ1) is 14.6. The first-order valence-corrected chi connectivity index (χ1v) is 7.91. The Morgan fingerprint density at radius 3 is 2.74 bits per heavy atom. The van der Waals surface area contributed by atoms with Crippen LogP contribution < -0.4 is 5.32 Å². The van der Waals surface area contributed by atoms with Crippen LogP contribution in [0.4, 0.5) is 0 Å². The second-order valence-corrected chi connectivity index (χ2v) is 6.39. The summed E-state index contributed by atoms with van der Waals surface area (Å²) in [4.78, 5) is 0. The van der Waals surface area contributed by atoms with Crippen molar-refractivity contribution in [3.8, 4) is 0 Å². The molecule has 106 valence electrons. The Morgan fingerprint density at radius 1 is 1.21 bits per heavy atom. The molecule has 0 heterocycles. The van der Waals surface area contributed by atoms with Gasteiger partial charge in [0.2, 0.25) is 0 Å². The maximum Gasteiger partial charge on any atom is 0.00955 e. The Labute approximate surface area is 118 Å². The third-order valence-electron chi connectivity index (χ3n) is 4.87. The van der Waals surface area contributed by atoms with Crippen LogP contribution in [-0.2, 0) is 6.42 Å². The second-order valence-electron chi connectivity index (χ2n) is 6.39. The van der Waals surface area contributed by atoms with Gasteiger partial charge in [0.05, 0.1) is 0 Å². The predicted molar refractivity (Wildman–Crippen MR) is 83.6 cm³/mol. The van der Waals surface area contributed by atoms with Crippen molar-refractivity contribution in [3.63, 3.8) is 0 Å². The molecule has 1 saturated carbocycles. The average molecular weight is 259 g/mol. The molecule has 0 aromatic heterocycles. The normalized spacial score (nSPS) is 26.8. The molecule has 0 radical (unpaired) electrons. The summed E-state index contributed by atoms with van der Waals surface area (Å²) in [5, 5.41) is 3.72. The molecule has 0 saturated heterocycles. The van der Waals surface area contributed by atoms with Gasteiger partial charge in [0.25, 0.3) is 0 Å². The minimum absolute atomic E-state index is 0.745. The Morgan fingerprint density at radius 2 is 2.00 bits per heavy atom. The van der Waals surface area contributed by atoms with E-state index in [2.05, 4.69) is 51.2 Å². The molecule has 0 bridgehead atoms. The lowest BCUT2D eigenvalue weighted by Crippen LogP contribution is -2.33. The predicted octanol–water partition coefficient (Wildman–Crippen LogP) is 4.26. The lowest BCUT2D eigenvalue weighted by molar-refractivity contribution is 0.351. The molecule has 0 aliphatic heterocycles. The van der Waals surface area contributed by atoms with Crippen LogP contribution in [0.3, 0.4) is 0 Å². The summed E-state index contributed by atoms with van der Waals surface area (Å²) >= 11 is 0. The first-order valence-electron chi connectivity index (χ1n) is 7.91. The highest BCUT2D eigenvalue weighted by Gasteiger charge is 2.32. The van der Waals surface area contributed by atoms with Crippen LogP contribution in [-0.4, -0.2) is 12.6 Å². The van der Waals surface area contributed by atoms with Gasteiger partial charge in [-0.15, -0.1) is 0 Å². The molecule has 19 heavy (non-hydrogen) atoms.